The average Bonchev–Trinajstić information content (AvgIpc) is 3.14. The van der Waals surface area contributed by atoms with Crippen molar-refractivity contribution in [2.45, 2.75) is 32.4 Å². The van der Waals surface area contributed by atoms with Gasteiger partial charge in [-0.2, -0.15) is 0 Å². The average molecular weight is 264 g/mol. The predicted octanol–water partition coefficient (Wildman–Crippen LogP) is 3.21. The van der Waals surface area contributed by atoms with Gasteiger partial charge in [-0.1, -0.05) is 18.5 Å². The number of halogens is 1. The summed E-state index contributed by atoms with van der Waals surface area (Å²) in [5.41, 5.74) is 2.15. The minimum absolute atomic E-state index is 0.752. The Hall–Kier alpha value is -1.06. The lowest BCUT2D eigenvalue weighted by molar-refractivity contribution is 0.260. The largest absolute Gasteiger partial charge is 0.330 e. The van der Waals surface area contributed by atoms with Gasteiger partial charge in [0.15, 0.2) is 0 Å². The van der Waals surface area contributed by atoms with Crippen molar-refractivity contribution in [3.8, 4) is 0 Å². The minimum atomic E-state index is 0.752. The number of aromatic nitrogens is 2. The zero-order chi connectivity index (χ0) is 12.7. The van der Waals surface area contributed by atoms with E-state index in [4.69, 9.17) is 16.6 Å². The first-order valence-corrected chi connectivity index (χ1v) is 6.91. The van der Waals surface area contributed by atoms with Crippen LogP contribution in [0.25, 0.3) is 11.0 Å². The predicted molar refractivity (Wildman–Crippen MR) is 74.8 cm³/mol. The van der Waals surface area contributed by atoms with E-state index in [1.54, 1.807) is 0 Å². The highest BCUT2D eigenvalue weighted by Crippen LogP contribution is 2.28. The van der Waals surface area contributed by atoms with Gasteiger partial charge in [0, 0.05) is 18.1 Å². The van der Waals surface area contributed by atoms with E-state index in [0.29, 0.717) is 0 Å². The zero-order valence-corrected chi connectivity index (χ0v) is 11.6. The van der Waals surface area contributed by atoms with Crippen LogP contribution >= 0.6 is 11.6 Å². The maximum atomic E-state index is 6.01. The van der Waals surface area contributed by atoms with Gasteiger partial charge in [-0.15, -0.1) is 0 Å². The Morgan fingerprint density at radius 3 is 2.89 bits per heavy atom. The second kappa shape index (κ2) is 4.56. The van der Waals surface area contributed by atoms with Crippen molar-refractivity contribution in [2.75, 3.05) is 6.54 Å². The number of imidazole rings is 1. The third-order valence-corrected chi connectivity index (χ3v) is 3.98. The molecule has 0 radical (unpaired) electrons. The van der Waals surface area contributed by atoms with Gasteiger partial charge in [0.05, 0.1) is 17.6 Å². The fourth-order valence-electron chi connectivity index (χ4n) is 2.48. The Morgan fingerprint density at radius 2 is 2.22 bits per heavy atom. The summed E-state index contributed by atoms with van der Waals surface area (Å²) in [7, 11) is 2.08. The van der Waals surface area contributed by atoms with Gasteiger partial charge in [-0.05, 0) is 37.6 Å². The van der Waals surface area contributed by atoms with Crippen LogP contribution in [0.15, 0.2) is 18.2 Å². The summed E-state index contributed by atoms with van der Waals surface area (Å²) in [6, 6.07) is 6.68. The molecule has 2 aromatic rings. The highest BCUT2D eigenvalue weighted by Gasteiger charge is 2.28. The van der Waals surface area contributed by atoms with E-state index >= 15 is 0 Å². The number of fused-ring (bicyclic) bond motifs is 1. The molecule has 96 valence electrons. The summed E-state index contributed by atoms with van der Waals surface area (Å²) >= 11 is 6.01. The van der Waals surface area contributed by atoms with Crippen molar-refractivity contribution in [1.82, 2.24) is 14.5 Å². The van der Waals surface area contributed by atoms with Gasteiger partial charge in [0.25, 0.3) is 0 Å². The van der Waals surface area contributed by atoms with Gasteiger partial charge in [-0.3, -0.25) is 4.90 Å². The highest BCUT2D eigenvalue weighted by molar-refractivity contribution is 6.31. The lowest BCUT2D eigenvalue weighted by atomic mass is 10.3. The Balaban J connectivity index is 1.93. The Kier molecular flexibility index (Phi) is 3.04. The van der Waals surface area contributed by atoms with Crippen LogP contribution in [0.1, 0.15) is 25.6 Å². The zero-order valence-electron chi connectivity index (χ0n) is 10.9. The maximum Gasteiger partial charge on any atom is 0.123 e. The Bertz CT molecular complexity index is 572. The molecule has 1 aromatic heterocycles. The van der Waals surface area contributed by atoms with Crippen LogP contribution < -0.4 is 0 Å². The van der Waals surface area contributed by atoms with Crippen LogP contribution in [-0.2, 0) is 13.6 Å². The number of hydrogen-bond donors (Lipinski definition) is 0. The fraction of sp³-hybridized carbons (Fsp3) is 0.500. The maximum absolute atomic E-state index is 6.01. The summed E-state index contributed by atoms with van der Waals surface area (Å²) < 4.78 is 2.18. The molecule has 0 bridgehead atoms. The van der Waals surface area contributed by atoms with E-state index in [0.717, 1.165) is 41.0 Å². The second-order valence-electron chi connectivity index (χ2n) is 5.01. The van der Waals surface area contributed by atoms with Crippen LogP contribution in [0.3, 0.4) is 0 Å². The molecule has 0 unspecified atom stereocenters. The molecule has 0 atom stereocenters. The first-order chi connectivity index (χ1) is 8.69. The van der Waals surface area contributed by atoms with Crippen LogP contribution in [0.2, 0.25) is 5.02 Å². The van der Waals surface area contributed by atoms with Gasteiger partial charge < -0.3 is 4.57 Å². The molecular formula is C14H18ClN3. The van der Waals surface area contributed by atoms with Gasteiger partial charge in [0.2, 0.25) is 0 Å². The van der Waals surface area contributed by atoms with Crippen molar-refractivity contribution < 1.29 is 0 Å². The molecule has 1 aliphatic rings. The number of aryl methyl sites for hydroxylation is 1. The first-order valence-electron chi connectivity index (χ1n) is 6.54. The topological polar surface area (TPSA) is 21.1 Å². The van der Waals surface area contributed by atoms with E-state index < -0.39 is 0 Å². The van der Waals surface area contributed by atoms with E-state index in [-0.39, 0.29) is 0 Å². The molecule has 0 aliphatic heterocycles. The molecule has 1 aromatic carbocycles. The molecule has 3 rings (SSSR count). The molecule has 18 heavy (non-hydrogen) atoms. The summed E-state index contributed by atoms with van der Waals surface area (Å²) in [6.07, 6.45) is 2.67. The summed E-state index contributed by atoms with van der Waals surface area (Å²) in [6.45, 7) is 4.25. The molecule has 1 fully saturated rings. The van der Waals surface area contributed by atoms with E-state index in [9.17, 15) is 0 Å². The quantitative estimate of drug-likeness (QED) is 0.845. The molecular weight excluding hydrogens is 246 g/mol. The van der Waals surface area contributed by atoms with E-state index in [2.05, 4.69) is 23.4 Å². The minimum Gasteiger partial charge on any atom is -0.330 e. The molecule has 1 aliphatic carbocycles. The normalized spacial score (nSPS) is 15.8. The SMILES string of the molecule is CCN(Cc1nc2cc(Cl)ccc2n1C)C1CC1. The summed E-state index contributed by atoms with van der Waals surface area (Å²) in [4.78, 5) is 7.21. The third kappa shape index (κ3) is 2.13. The van der Waals surface area contributed by atoms with Crippen molar-refractivity contribution in [3.05, 3.63) is 29.0 Å². The number of rotatable bonds is 4. The summed E-state index contributed by atoms with van der Waals surface area (Å²) in [5, 5.41) is 0.752. The van der Waals surface area contributed by atoms with E-state index in [1.807, 2.05) is 18.2 Å². The Morgan fingerprint density at radius 1 is 1.44 bits per heavy atom. The molecule has 0 saturated heterocycles. The van der Waals surface area contributed by atoms with Crippen LogP contribution in [0.5, 0.6) is 0 Å². The number of benzene rings is 1. The molecule has 0 spiro atoms. The van der Waals surface area contributed by atoms with Crippen molar-refractivity contribution in [1.29, 1.82) is 0 Å². The Labute approximate surface area is 112 Å². The molecule has 3 nitrogen and oxygen atoms in total. The standard InChI is InChI=1S/C14H18ClN3/c1-3-18(11-5-6-11)9-14-16-12-8-10(15)4-7-13(12)17(14)2/h4,7-8,11H,3,5-6,9H2,1-2H3. The van der Waals surface area contributed by atoms with Gasteiger partial charge in [-0.25, -0.2) is 4.98 Å². The summed E-state index contributed by atoms with van der Waals surface area (Å²) in [5.74, 6) is 1.13. The molecule has 0 N–H and O–H groups in total. The molecule has 1 saturated carbocycles. The van der Waals surface area contributed by atoms with Crippen LogP contribution in [0.4, 0.5) is 0 Å². The third-order valence-electron chi connectivity index (χ3n) is 3.75. The van der Waals surface area contributed by atoms with E-state index in [1.165, 1.54) is 12.8 Å². The first kappa shape index (κ1) is 12.0. The van der Waals surface area contributed by atoms with Crippen LogP contribution in [-0.4, -0.2) is 27.0 Å². The number of nitrogens with zero attached hydrogens (tertiary/aromatic N) is 3. The number of hydrogen-bond acceptors (Lipinski definition) is 2. The molecule has 0 amide bonds. The molecule has 1 heterocycles. The monoisotopic (exact) mass is 263 g/mol. The van der Waals surface area contributed by atoms with Gasteiger partial charge in [0.1, 0.15) is 5.82 Å². The van der Waals surface area contributed by atoms with Crippen molar-refractivity contribution in [2.24, 2.45) is 7.05 Å². The van der Waals surface area contributed by atoms with Crippen molar-refractivity contribution in [3.63, 3.8) is 0 Å². The van der Waals surface area contributed by atoms with Crippen LogP contribution in [0, 0.1) is 0 Å². The second-order valence-corrected chi connectivity index (χ2v) is 5.45. The lowest BCUT2D eigenvalue weighted by Crippen LogP contribution is -2.26. The molecule has 4 heteroatoms. The lowest BCUT2D eigenvalue weighted by Gasteiger charge is -2.19. The van der Waals surface area contributed by atoms with Gasteiger partial charge >= 0.3 is 0 Å². The highest BCUT2D eigenvalue weighted by atomic mass is 35.5. The smallest absolute Gasteiger partial charge is 0.123 e. The van der Waals surface area contributed by atoms with Crippen molar-refractivity contribution >= 4 is 22.6 Å². The fourth-order valence-corrected chi connectivity index (χ4v) is 2.65.